The summed E-state index contributed by atoms with van der Waals surface area (Å²) < 4.78 is 5.50. The number of alkyl carbamates (subject to hydrolysis) is 1. The van der Waals surface area contributed by atoms with Crippen molar-refractivity contribution in [3.8, 4) is 11.1 Å². The van der Waals surface area contributed by atoms with Gasteiger partial charge in [-0.15, -0.1) is 0 Å². The number of amides is 1. The van der Waals surface area contributed by atoms with E-state index < -0.39 is 18.1 Å². The molecule has 5 rings (SSSR count). The molecule has 1 amide bonds. The van der Waals surface area contributed by atoms with E-state index in [0.717, 1.165) is 22.3 Å². The maximum absolute atomic E-state index is 12.6. The Morgan fingerprint density at radius 2 is 1.27 bits per heavy atom. The molecule has 4 aromatic rings. The number of benzene rings is 4. The van der Waals surface area contributed by atoms with Crippen LogP contribution in [0.4, 0.5) is 4.79 Å². The number of hydrogen-bond acceptors (Lipinski definition) is 4. The molecule has 0 spiro atoms. The van der Waals surface area contributed by atoms with Crippen molar-refractivity contribution in [1.29, 1.82) is 0 Å². The fourth-order valence-corrected chi connectivity index (χ4v) is 4.77. The van der Waals surface area contributed by atoms with E-state index >= 15 is 0 Å². The van der Waals surface area contributed by atoms with Crippen molar-refractivity contribution in [2.75, 3.05) is 6.61 Å². The zero-order valence-corrected chi connectivity index (χ0v) is 20.0. The number of carboxylic acid groups (broad SMARTS) is 1. The molecule has 0 radical (unpaired) electrons. The maximum Gasteiger partial charge on any atom is 0.407 e. The second-order valence-electron chi connectivity index (χ2n) is 8.96. The third-order valence-corrected chi connectivity index (χ3v) is 6.63. The number of aliphatic carboxylic acids is 1. The van der Waals surface area contributed by atoms with E-state index in [9.17, 15) is 19.5 Å². The molecule has 0 saturated carbocycles. The van der Waals surface area contributed by atoms with Crippen LogP contribution in [0.25, 0.3) is 11.1 Å². The Labute approximate surface area is 214 Å². The van der Waals surface area contributed by atoms with Crippen LogP contribution in [0.5, 0.6) is 0 Å². The molecule has 1 aliphatic rings. The molecule has 1 atom stereocenters. The predicted molar refractivity (Wildman–Crippen MR) is 140 cm³/mol. The predicted octanol–water partition coefficient (Wildman–Crippen LogP) is 5.45. The Bertz CT molecular complexity index is 1400. The number of rotatable bonds is 8. The Kier molecular flexibility index (Phi) is 6.81. The minimum Gasteiger partial charge on any atom is -0.480 e. The molecule has 37 heavy (non-hydrogen) atoms. The highest BCUT2D eigenvalue weighted by molar-refractivity contribution is 6.08. The molecule has 0 bridgehead atoms. The SMILES string of the molecule is O=C(NC(Cc1ccc(C(=O)c2ccccc2)cc1)C(=O)O)OCC1c2ccccc2-c2ccccc21. The molecular weight excluding hydrogens is 466 g/mol. The summed E-state index contributed by atoms with van der Waals surface area (Å²) >= 11 is 0. The van der Waals surface area contributed by atoms with E-state index in [1.54, 1.807) is 48.5 Å². The van der Waals surface area contributed by atoms with Crippen molar-refractivity contribution < 1.29 is 24.2 Å². The van der Waals surface area contributed by atoms with E-state index in [1.165, 1.54) is 0 Å². The molecule has 0 saturated heterocycles. The summed E-state index contributed by atoms with van der Waals surface area (Å²) in [5, 5.41) is 12.2. The van der Waals surface area contributed by atoms with Gasteiger partial charge in [-0.2, -0.15) is 0 Å². The summed E-state index contributed by atoms with van der Waals surface area (Å²) in [5.74, 6) is -1.40. The van der Waals surface area contributed by atoms with Crippen LogP contribution < -0.4 is 5.32 Å². The second-order valence-corrected chi connectivity index (χ2v) is 8.96. The number of carboxylic acids is 1. The minimum absolute atomic E-state index is 0.0549. The topological polar surface area (TPSA) is 92.7 Å². The van der Waals surface area contributed by atoms with Crippen molar-refractivity contribution in [1.82, 2.24) is 5.32 Å². The lowest BCUT2D eigenvalue weighted by atomic mass is 9.98. The third kappa shape index (κ3) is 5.14. The van der Waals surface area contributed by atoms with Crippen molar-refractivity contribution in [2.24, 2.45) is 0 Å². The normalized spacial score (nSPS) is 12.8. The second kappa shape index (κ2) is 10.5. The van der Waals surface area contributed by atoms with Crippen LogP contribution in [-0.4, -0.2) is 35.6 Å². The van der Waals surface area contributed by atoms with Gasteiger partial charge in [-0.25, -0.2) is 9.59 Å². The molecule has 6 heteroatoms. The van der Waals surface area contributed by atoms with Gasteiger partial charge >= 0.3 is 12.1 Å². The number of carbonyl (C=O) groups excluding carboxylic acids is 2. The highest BCUT2D eigenvalue weighted by Gasteiger charge is 2.29. The lowest BCUT2D eigenvalue weighted by molar-refractivity contribution is -0.139. The van der Waals surface area contributed by atoms with Crippen LogP contribution in [0.2, 0.25) is 0 Å². The molecule has 0 aromatic heterocycles. The van der Waals surface area contributed by atoms with Gasteiger partial charge in [0.2, 0.25) is 0 Å². The zero-order chi connectivity index (χ0) is 25.8. The molecule has 6 nitrogen and oxygen atoms in total. The largest absolute Gasteiger partial charge is 0.480 e. The summed E-state index contributed by atoms with van der Waals surface area (Å²) in [7, 11) is 0. The van der Waals surface area contributed by atoms with Crippen molar-refractivity contribution >= 4 is 17.8 Å². The number of ketones is 1. The van der Waals surface area contributed by atoms with Gasteiger partial charge in [0.25, 0.3) is 0 Å². The summed E-state index contributed by atoms with van der Waals surface area (Å²) in [6.07, 6.45) is -0.732. The van der Waals surface area contributed by atoms with Gasteiger partial charge in [0.1, 0.15) is 12.6 Å². The molecule has 184 valence electrons. The molecule has 1 unspecified atom stereocenters. The smallest absolute Gasteiger partial charge is 0.407 e. The van der Waals surface area contributed by atoms with E-state index in [1.807, 2.05) is 54.6 Å². The van der Waals surface area contributed by atoms with Crippen LogP contribution in [0.1, 0.15) is 38.5 Å². The molecule has 0 heterocycles. The first kappa shape index (κ1) is 24.0. The zero-order valence-electron chi connectivity index (χ0n) is 20.0. The standard InChI is InChI=1S/C31H25NO5/c33-29(21-8-2-1-3-9-21)22-16-14-20(15-17-22)18-28(30(34)35)32-31(36)37-19-27-25-12-6-4-10-23(25)24-11-5-7-13-26(24)27/h1-17,27-28H,18-19H2,(H,32,36)(H,34,35). The fourth-order valence-electron chi connectivity index (χ4n) is 4.77. The first-order valence-corrected chi connectivity index (χ1v) is 12.0. The Morgan fingerprint density at radius 3 is 1.86 bits per heavy atom. The van der Waals surface area contributed by atoms with E-state index in [4.69, 9.17) is 4.74 Å². The molecule has 2 N–H and O–H groups in total. The summed E-state index contributed by atoms with van der Waals surface area (Å²) in [4.78, 5) is 37.1. The molecule has 0 fully saturated rings. The van der Waals surface area contributed by atoms with Crippen molar-refractivity contribution in [2.45, 2.75) is 18.4 Å². The Hall–Kier alpha value is -4.71. The number of carbonyl (C=O) groups is 3. The lowest BCUT2D eigenvalue weighted by Crippen LogP contribution is -2.42. The maximum atomic E-state index is 12.6. The molecule has 4 aromatic carbocycles. The van der Waals surface area contributed by atoms with Crippen molar-refractivity contribution in [3.05, 3.63) is 131 Å². The average molecular weight is 492 g/mol. The third-order valence-electron chi connectivity index (χ3n) is 6.63. The van der Waals surface area contributed by atoms with Gasteiger partial charge in [-0.1, -0.05) is 103 Å². The van der Waals surface area contributed by atoms with Crippen LogP contribution in [-0.2, 0) is 16.0 Å². The summed E-state index contributed by atoms with van der Waals surface area (Å²) in [5.41, 5.74) is 6.15. The van der Waals surface area contributed by atoms with E-state index in [-0.39, 0.29) is 24.7 Å². The Morgan fingerprint density at radius 1 is 0.730 bits per heavy atom. The first-order valence-electron chi connectivity index (χ1n) is 12.0. The van der Waals surface area contributed by atoms with E-state index in [0.29, 0.717) is 16.7 Å². The summed E-state index contributed by atoms with van der Waals surface area (Å²) in [6, 6.07) is 30.5. The van der Waals surface area contributed by atoms with Crippen LogP contribution in [0, 0.1) is 0 Å². The van der Waals surface area contributed by atoms with Crippen molar-refractivity contribution in [3.63, 3.8) is 0 Å². The van der Waals surface area contributed by atoms with Crippen LogP contribution >= 0.6 is 0 Å². The van der Waals surface area contributed by atoms with Gasteiger partial charge in [-0.05, 0) is 27.8 Å². The minimum atomic E-state index is -1.17. The number of ether oxygens (including phenoxy) is 1. The van der Waals surface area contributed by atoms with Crippen LogP contribution in [0.15, 0.2) is 103 Å². The molecule has 1 aliphatic carbocycles. The van der Waals surface area contributed by atoms with Gasteiger partial charge in [0, 0.05) is 23.5 Å². The average Bonchev–Trinajstić information content (AvgIpc) is 3.25. The van der Waals surface area contributed by atoms with E-state index in [2.05, 4.69) is 5.32 Å². The molecular formula is C31H25NO5. The van der Waals surface area contributed by atoms with Gasteiger partial charge in [0.15, 0.2) is 5.78 Å². The lowest BCUT2D eigenvalue weighted by Gasteiger charge is -2.17. The highest BCUT2D eigenvalue weighted by Crippen LogP contribution is 2.44. The fraction of sp³-hybridized carbons (Fsp3) is 0.129. The monoisotopic (exact) mass is 491 g/mol. The number of nitrogens with one attached hydrogen (secondary N) is 1. The van der Waals surface area contributed by atoms with Crippen LogP contribution in [0.3, 0.4) is 0 Å². The number of hydrogen-bond donors (Lipinski definition) is 2. The Balaban J connectivity index is 1.22. The first-order chi connectivity index (χ1) is 18.0. The molecule has 0 aliphatic heterocycles. The number of fused-ring (bicyclic) bond motifs is 3. The van der Waals surface area contributed by atoms with Gasteiger partial charge in [0.05, 0.1) is 0 Å². The van der Waals surface area contributed by atoms with Gasteiger partial charge < -0.3 is 15.2 Å². The quantitative estimate of drug-likeness (QED) is 0.320. The van der Waals surface area contributed by atoms with Gasteiger partial charge in [-0.3, -0.25) is 4.79 Å². The summed E-state index contributed by atoms with van der Waals surface area (Å²) in [6.45, 7) is 0.0997. The highest BCUT2D eigenvalue weighted by atomic mass is 16.5.